The molecule has 0 saturated carbocycles. The first-order valence-corrected chi connectivity index (χ1v) is 9.42. The van der Waals surface area contributed by atoms with E-state index in [1.54, 1.807) is 6.34 Å². The predicted octanol–water partition coefficient (Wildman–Crippen LogP) is 2.73. The molecule has 3 heterocycles. The van der Waals surface area contributed by atoms with Crippen molar-refractivity contribution in [3.63, 3.8) is 0 Å². The van der Waals surface area contributed by atoms with Crippen molar-refractivity contribution < 1.29 is 0 Å². The van der Waals surface area contributed by atoms with Gasteiger partial charge in [0.25, 0.3) is 0 Å². The first-order chi connectivity index (χ1) is 13.2. The van der Waals surface area contributed by atoms with Gasteiger partial charge in [0.15, 0.2) is 0 Å². The minimum Gasteiger partial charge on any atom is -0.400 e. The quantitative estimate of drug-likeness (QED) is 0.781. The van der Waals surface area contributed by atoms with Crippen molar-refractivity contribution in [3.8, 4) is 6.07 Å². The second kappa shape index (κ2) is 7.68. The second-order valence-electron chi connectivity index (χ2n) is 7.15. The lowest BCUT2D eigenvalue weighted by Crippen LogP contribution is -2.37. The maximum atomic E-state index is 8.88. The van der Waals surface area contributed by atoms with Gasteiger partial charge in [-0.2, -0.15) is 5.26 Å². The normalized spacial score (nSPS) is 19.2. The number of aliphatic imine (C=N–C) groups is 1. The van der Waals surface area contributed by atoms with E-state index in [1.165, 1.54) is 5.56 Å². The van der Waals surface area contributed by atoms with Crippen LogP contribution in [0.15, 0.2) is 47.2 Å². The molecule has 1 aromatic carbocycles. The van der Waals surface area contributed by atoms with Crippen molar-refractivity contribution >= 4 is 17.9 Å². The van der Waals surface area contributed by atoms with Crippen LogP contribution < -0.4 is 11.1 Å². The summed E-state index contributed by atoms with van der Waals surface area (Å²) in [6, 6.07) is 12.1. The highest BCUT2D eigenvalue weighted by Gasteiger charge is 2.25. The van der Waals surface area contributed by atoms with Crippen LogP contribution in [-0.4, -0.2) is 35.9 Å². The molecule has 0 spiro atoms. The van der Waals surface area contributed by atoms with Crippen molar-refractivity contribution in [2.45, 2.75) is 19.3 Å². The summed E-state index contributed by atoms with van der Waals surface area (Å²) in [4.78, 5) is 9.94. The Kier molecular flexibility index (Phi) is 4.95. The third-order valence-corrected chi connectivity index (χ3v) is 5.51. The lowest BCUT2D eigenvalue weighted by Gasteiger charge is -2.33. The third kappa shape index (κ3) is 3.74. The van der Waals surface area contributed by atoms with Crippen LogP contribution in [0.1, 0.15) is 29.5 Å². The zero-order valence-electron chi connectivity index (χ0n) is 15.3. The van der Waals surface area contributed by atoms with Crippen LogP contribution in [0.5, 0.6) is 0 Å². The van der Waals surface area contributed by atoms with Crippen LogP contribution in [0.25, 0.3) is 5.70 Å². The van der Waals surface area contributed by atoms with Crippen molar-refractivity contribution in [1.82, 2.24) is 15.2 Å². The fraction of sp³-hybridized carbons (Fsp3) is 0.333. The van der Waals surface area contributed by atoms with Gasteiger partial charge in [-0.25, -0.2) is 4.99 Å². The molecule has 0 radical (unpaired) electrons. The molecule has 6 nitrogen and oxygen atoms in total. The van der Waals surface area contributed by atoms with Gasteiger partial charge in [-0.05, 0) is 56.1 Å². The molecule has 0 aliphatic carbocycles. The highest BCUT2D eigenvalue weighted by atomic mass is 15.1. The number of fused-ring (bicyclic) bond motifs is 1. The number of piperidine rings is 1. The topological polar surface area (TPSA) is 93.2 Å². The van der Waals surface area contributed by atoms with E-state index in [9.17, 15) is 0 Å². The maximum Gasteiger partial charge on any atom is 0.141 e. The van der Waals surface area contributed by atoms with Crippen molar-refractivity contribution in [2.75, 3.05) is 19.6 Å². The molecule has 2 aliphatic rings. The zero-order valence-corrected chi connectivity index (χ0v) is 15.3. The Hall–Kier alpha value is -3.04. The van der Waals surface area contributed by atoms with E-state index in [0.717, 1.165) is 67.2 Å². The summed E-state index contributed by atoms with van der Waals surface area (Å²) in [5, 5.41) is 12.1. The smallest absolute Gasteiger partial charge is 0.141 e. The number of hydrogen-bond acceptors (Lipinski definition) is 5. The fourth-order valence-electron chi connectivity index (χ4n) is 3.85. The minimum absolute atomic E-state index is 0.396. The standard InChI is InChI=1S/C21H24N6/c22-13-16-3-1-15(2-4-16)6-10-27-11-7-17(8-12-27)19(23)20-18-5-9-24-21(18)26-14-25-20/h1-5,9,14,17,24H,6-8,10-12,23H2,(H,25,26)/b20-19-. The number of benzene rings is 1. The molecular formula is C21H24N6. The van der Waals surface area contributed by atoms with E-state index in [4.69, 9.17) is 11.0 Å². The molecule has 6 heteroatoms. The first-order valence-electron chi connectivity index (χ1n) is 9.42. The number of nitrogens with zero attached hydrogens (tertiary/aromatic N) is 3. The lowest BCUT2D eigenvalue weighted by atomic mass is 9.91. The summed E-state index contributed by atoms with van der Waals surface area (Å²) in [5.74, 6) is 1.26. The summed E-state index contributed by atoms with van der Waals surface area (Å²) >= 11 is 0. The molecule has 4 rings (SSSR count). The summed E-state index contributed by atoms with van der Waals surface area (Å²) in [6.45, 7) is 3.16. The molecule has 4 N–H and O–H groups in total. The number of aromatic amines is 1. The summed E-state index contributed by atoms with van der Waals surface area (Å²) in [7, 11) is 0. The number of nitrogens with two attached hydrogens (primary N) is 1. The molecule has 1 fully saturated rings. The number of allylic oxidation sites excluding steroid dienone is 1. The Bertz CT molecular complexity index is 891. The van der Waals surface area contributed by atoms with Gasteiger partial charge in [0.05, 0.1) is 23.7 Å². The van der Waals surface area contributed by atoms with Gasteiger partial charge in [0.1, 0.15) is 5.82 Å². The SMILES string of the molecule is N#Cc1ccc(CCN2CCC(/C(N)=C3/NC=Nc4[nH]ccc43)CC2)cc1. The average Bonchev–Trinajstić information content (AvgIpc) is 3.21. The molecule has 0 atom stereocenters. The highest BCUT2D eigenvalue weighted by Crippen LogP contribution is 2.31. The van der Waals surface area contributed by atoms with Crippen molar-refractivity contribution in [3.05, 3.63) is 58.9 Å². The van der Waals surface area contributed by atoms with Crippen LogP contribution in [-0.2, 0) is 6.42 Å². The van der Waals surface area contributed by atoms with E-state index in [0.29, 0.717) is 5.92 Å². The van der Waals surface area contributed by atoms with Gasteiger partial charge in [0.2, 0.25) is 0 Å². The monoisotopic (exact) mass is 360 g/mol. The van der Waals surface area contributed by atoms with Gasteiger partial charge in [-0.3, -0.25) is 0 Å². The van der Waals surface area contributed by atoms with Crippen LogP contribution >= 0.6 is 0 Å². The van der Waals surface area contributed by atoms with Crippen LogP contribution in [0.4, 0.5) is 5.82 Å². The predicted molar refractivity (Wildman–Crippen MR) is 107 cm³/mol. The molecule has 2 aromatic rings. The Labute approximate surface area is 159 Å². The molecule has 1 saturated heterocycles. The maximum absolute atomic E-state index is 8.88. The number of nitrogens with one attached hydrogen (secondary N) is 2. The molecule has 1 aromatic heterocycles. The van der Waals surface area contributed by atoms with Crippen LogP contribution in [0, 0.1) is 17.2 Å². The molecule has 27 heavy (non-hydrogen) atoms. The largest absolute Gasteiger partial charge is 0.400 e. The van der Waals surface area contributed by atoms with E-state index in [1.807, 2.05) is 24.4 Å². The van der Waals surface area contributed by atoms with Crippen LogP contribution in [0.3, 0.4) is 0 Å². The minimum atomic E-state index is 0.396. The number of rotatable bonds is 4. The molecule has 0 unspecified atom stereocenters. The molecule has 2 aliphatic heterocycles. The number of aromatic nitrogens is 1. The Morgan fingerprint density at radius 1 is 1.22 bits per heavy atom. The molecular weight excluding hydrogens is 336 g/mol. The van der Waals surface area contributed by atoms with Crippen LogP contribution in [0.2, 0.25) is 0 Å². The van der Waals surface area contributed by atoms with Gasteiger partial charge in [-0.1, -0.05) is 12.1 Å². The van der Waals surface area contributed by atoms with Gasteiger partial charge >= 0.3 is 0 Å². The summed E-state index contributed by atoms with van der Waals surface area (Å²) < 4.78 is 0. The second-order valence-corrected chi connectivity index (χ2v) is 7.15. The fourth-order valence-corrected chi connectivity index (χ4v) is 3.85. The Balaban J connectivity index is 1.33. The number of hydrogen-bond donors (Lipinski definition) is 3. The van der Waals surface area contributed by atoms with Gasteiger partial charge < -0.3 is 20.9 Å². The molecule has 0 bridgehead atoms. The van der Waals surface area contributed by atoms with Gasteiger partial charge in [-0.15, -0.1) is 0 Å². The highest BCUT2D eigenvalue weighted by molar-refractivity contribution is 5.87. The summed E-state index contributed by atoms with van der Waals surface area (Å²) in [5.41, 5.74) is 11.5. The van der Waals surface area contributed by atoms with Gasteiger partial charge in [0, 0.05) is 29.9 Å². The van der Waals surface area contributed by atoms with E-state index in [2.05, 4.69) is 38.4 Å². The summed E-state index contributed by atoms with van der Waals surface area (Å²) in [6.07, 6.45) is 6.75. The van der Waals surface area contributed by atoms with Crippen molar-refractivity contribution in [2.24, 2.45) is 16.6 Å². The number of H-pyrrole nitrogens is 1. The number of nitriles is 1. The Morgan fingerprint density at radius 2 is 2.00 bits per heavy atom. The first kappa shape index (κ1) is 17.4. The van der Waals surface area contributed by atoms with Crippen molar-refractivity contribution in [1.29, 1.82) is 5.26 Å². The van der Waals surface area contributed by atoms with E-state index >= 15 is 0 Å². The molecule has 0 amide bonds. The lowest BCUT2D eigenvalue weighted by molar-refractivity contribution is 0.200. The third-order valence-electron chi connectivity index (χ3n) is 5.51. The number of likely N-dealkylation sites (tertiary alicyclic amines) is 1. The zero-order chi connectivity index (χ0) is 18.6. The average molecular weight is 360 g/mol. The van der Waals surface area contributed by atoms with E-state index < -0.39 is 0 Å². The van der Waals surface area contributed by atoms with E-state index in [-0.39, 0.29) is 0 Å². The Morgan fingerprint density at radius 3 is 2.74 bits per heavy atom. The molecule has 138 valence electrons.